The number of nitrogens with one attached hydrogen (secondary N) is 3. The van der Waals surface area contributed by atoms with Crippen LogP contribution in [0.25, 0.3) is 0 Å². The number of hydrogen-bond acceptors (Lipinski definition) is 4. The van der Waals surface area contributed by atoms with Crippen molar-refractivity contribution < 1.29 is 9.53 Å². The minimum absolute atomic E-state index is 0.129. The molecule has 2 aromatic carbocycles. The second-order valence-electron chi connectivity index (χ2n) is 8.44. The molecule has 0 saturated heterocycles. The van der Waals surface area contributed by atoms with Gasteiger partial charge in [0.25, 0.3) is 5.91 Å². The summed E-state index contributed by atoms with van der Waals surface area (Å²) in [5.74, 6) is 0.983. The van der Waals surface area contributed by atoms with Crippen molar-refractivity contribution >= 4 is 11.9 Å². The number of nitriles is 1. The fourth-order valence-electron chi connectivity index (χ4n) is 4.46. The van der Waals surface area contributed by atoms with E-state index in [1.807, 2.05) is 24.4 Å². The Hall–Kier alpha value is -3.53. The van der Waals surface area contributed by atoms with Crippen molar-refractivity contribution in [2.24, 2.45) is 4.99 Å². The number of aliphatic imine (C=N–C) groups is 1. The van der Waals surface area contributed by atoms with E-state index in [0.29, 0.717) is 23.8 Å². The van der Waals surface area contributed by atoms with Gasteiger partial charge in [-0.1, -0.05) is 49.4 Å². The molecule has 3 N–H and O–H groups in total. The second kappa shape index (κ2) is 11.9. The van der Waals surface area contributed by atoms with E-state index < -0.39 is 0 Å². The van der Waals surface area contributed by atoms with Gasteiger partial charge >= 0.3 is 0 Å². The molecule has 7 nitrogen and oxygen atoms in total. The van der Waals surface area contributed by atoms with Crippen LogP contribution in [0.15, 0.2) is 59.6 Å². The molecule has 0 aliphatic heterocycles. The van der Waals surface area contributed by atoms with Gasteiger partial charge in [0.15, 0.2) is 0 Å². The molecule has 0 spiro atoms. The predicted octanol–water partition coefficient (Wildman–Crippen LogP) is 3.73. The summed E-state index contributed by atoms with van der Waals surface area (Å²) in [6.45, 7) is 3.39. The first-order chi connectivity index (χ1) is 16.1. The molecule has 1 fully saturated rings. The van der Waals surface area contributed by atoms with Gasteiger partial charge in [-0.3, -0.25) is 4.79 Å². The number of guanidine groups is 1. The summed E-state index contributed by atoms with van der Waals surface area (Å²) in [5, 5.41) is 18.7. The third-order valence-electron chi connectivity index (χ3n) is 6.31. The lowest BCUT2D eigenvalue weighted by Crippen LogP contribution is -2.49. The minimum Gasteiger partial charge on any atom is -0.496 e. The molecular formula is C26H33N5O2. The van der Waals surface area contributed by atoms with E-state index in [2.05, 4.69) is 52.1 Å². The highest BCUT2D eigenvalue weighted by molar-refractivity contribution is 5.97. The number of methoxy groups -OCH3 is 1. The minimum atomic E-state index is -0.152. The zero-order valence-electron chi connectivity index (χ0n) is 19.4. The molecule has 0 radical (unpaired) electrons. The molecule has 3 rings (SSSR count). The number of nitrogens with zero attached hydrogens (tertiary/aromatic N) is 2. The average molecular weight is 448 g/mol. The summed E-state index contributed by atoms with van der Waals surface area (Å²) in [6.07, 6.45) is 6.48. The van der Waals surface area contributed by atoms with Crippen molar-refractivity contribution in [1.29, 1.82) is 5.26 Å². The summed E-state index contributed by atoms with van der Waals surface area (Å²) >= 11 is 0. The number of benzene rings is 2. The monoisotopic (exact) mass is 447 g/mol. The lowest BCUT2D eigenvalue weighted by molar-refractivity contribution is 0.0932. The number of para-hydroxylation sites is 1. The Labute approximate surface area is 196 Å². The lowest BCUT2D eigenvalue weighted by Gasteiger charge is -2.41. The number of hydrogen-bond donors (Lipinski definition) is 3. The van der Waals surface area contributed by atoms with Crippen molar-refractivity contribution in [3.63, 3.8) is 0 Å². The summed E-state index contributed by atoms with van der Waals surface area (Å²) < 4.78 is 5.36. The van der Waals surface area contributed by atoms with E-state index >= 15 is 0 Å². The number of amides is 1. The highest BCUT2D eigenvalue weighted by Gasteiger charge is 2.37. The van der Waals surface area contributed by atoms with Crippen LogP contribution in [0.3, 0.4) is 0 Å². The van der Waals surface area contributed by atoms with Gasteiger partial charge < -0.3 is 20.7 Å². The van der Waals surface area contributed by atoms with Crippen LogP contribution in [0.5, 0.6) is 5.75 Å². The molecular weight excluding hydrogens is 414 g/mol. The lowest BCUT2D eigenvalue weighted by atomic mass is 9.68. The van der Waals surface area contributed by atoms with Gasteiger partial charge in [0.2, 0.25) is 12.2 Å². The van der Waals surface area contributed by atoms with E-state index in [1.54, 1.807) is 19.2 Å². The Kier molecular flexibility index (Phi) is 8.71. The standard InChI is InChI=1S/C26H33N5O2/c1-3-17-28-25(30-19-27)31-21-13-15-26(16-14-21,20-9-5-4-6-10-20)18-29-24(32)22-11-7-8-12-23(22)33-2/h4-12,21H,3,13-18H2,1-2H3,(H,29,32)(H2,28,30,31)/t21-,26+. The Morgan fingerprint density at radius 1 is 1.12 bits per heavy atom. The first kappa shape index (κ1) is 24.1. The zero-order chi connectivity index (χ0) is 23.5. The fourth-order valence-corrected chi connectivity index (χ4v) is 4.46. The number of carbonyl (C=O) groups excluding carboxylic acids is 1. The van der Waals surface area contributed by atoms with Crippen LogP contribution in [0, 0.1) is 11.5 Å². The Morgan fingerprint density at radius 3 is 2.48 bits per heavy atom. The molecule has 1 saturated carbocycles. The molecule has 174 valence electrons. The van der Waals surface area contributed by atoms with Crippen LogP contribution >= 0.6 is 0 Å². The summed E-state index contributed by atoms with van der Waals surface area (Å²) in [7, 11) is 1.57. The number of ether oxygens (including phenoxy) is 1. The smallest absolute Gasteiger partial charge is 0.255 e. The van der Waals surface area contributed by atoms with Crippen molar-refractivity contribution in [1.82, 2.24) is 16.0 Å². The average Bonchev–Trinajstić information content (AvgIpc) is 2.87. The van der Waals surface area contributed by atoms with Gasteiger partial charge in [0, 0.05) is 24.5 Å². The van der Waals surface area contributed by atoms with Gasteiger partial charge in [-0.25, -0.2) is 0 Å². The summed E-state index contributed by atoms with van der Waals surface area (Å²) in [4.78, 5) is 16.9. The van der Waals surface area contributed by atoms with Gasteiger partial charge in [-0.2, -0.15) is 5.26 Å². The van der Waals surface area contributed by atoms with E-state index in [9.17, 15) is 4.79 Å². The van der Waals surface area contributed by atoms with Crippen molar-refractivity contribution in [3.8, 4) is 11.9 Å². The molecule has 0 atom stereocenters. The van der Waals surface area contributed by atoms with Crippen LogP contribution < -0.4 is 20.7 Å². The molecule has 0 unspecified atom stereocenters. The quantitative estimate of drug-likeness (QED) is 0.325. The van der Waals surface area contributed by atoms with E-state index in [-0.39, 0.29) is 17.4 Å². The molecule has 0 aromatic heterocycles. The third-order valence-corrected chi connectivity index (χ3v) is 6.31. The van der Waals surface area contributed by atoms with Gasteiger partial charge in [-0.15, -0.1) is 4.99 Å². The molecule has 0 heterocycles. The molecule has 1 aliphatic rings. The molecule has 0 bridgehead atoms. The van der Waals surface area contributed by atoms with E-state index in [0.717, 1.165) is 38.6 Å². The van der Waals surface area contributed by atoms with Crippen LogP contribution in [0.4, 0.5) is 0 Å². The predicted molar refractivity (Wildman–Crippen MR) is 130 cm³/mol. The SMILES string of the molecule is CCCN/C(=N/C#N)N[C@H]1CC[C@@](CNC(=O)c2ccccc2OC)(c2ccccc2)CC1. The molecule has 1 aliphatic carbocycles. The first-order valence-electron chi connectivity index (χ1n) is 11.6. The molecule has 1 amide bonds. The number of rotatable bonds is 8. The molecule has 2 aromatic rings. The van der Waals surface area contributed by atoms with Crippen molar-refractivity contribution in [3.05, 3.63) is 65.7 Å². The topological polar surface area (TPSA) is 98.5 Å². The Bertz CT molecular complexity index is 976. The van der Waals surface area contributed by atoms with Crippen molar-refractivity contribution in [2.75, 3.05) is 20.2 Å². The maximum absolute atomic E-state index is 13.0. The molecule has 33 heavy (non-hydrogen) atoms. The Morgan fingerprint density at radius 2 is 1.82 bits per heavy atom. The van der Waals surface area contributed by atoms with Gasteiger partial charge in [0.05, 0.1) is 12.7 Å². The van der Waals surface area contributed by atoms with Crippen LogP contribution in [-0.2, 0) is 5.41 Å². The Balaban J connectivity index is 1.71. The van der Waals surface area contributed by atoms with E-state index in [1.165, 1.54) is 5.56 Å². The van der Waals surface area contributed by atoms with Crippen LogP contribution in [-0.4, -0.2) is 38.1 Å². The zero-order valence-corrected chi connectivity index (χ0v) is 19.4. The number of carbonyl (C=O) groups is 1. The summed E-state index contributed by atoms with van der Waals surface area (Å²) in [5.41, 5.74) is 1.62. The largest absolute Gasteiger partial charge is 0.496 e. The highest BCUT2D eigenvalue weighted by atomic mass is 16.5. The maximum Gasteiger partial charge on any atom is 0.255 e. The van der Waals surface area contributed by atoms with Gasteiger partial charge in [-0.05, 0) is 49.8 Å². The second-order valence-corrected chi connectivity index (χ2v) is 8.44. The van der Waals surface area contributed by atoms with Crippen molar-refractivity contribution in [2.45, 2.75) is 50.5 Å². The summed E-state index contributed by atoms with van der Waals surface area (Å²) in [6, 6.07) is 17.9. The van der Waals surface area contributed by atoms with E-state index in [4.69, 9.17) is 10.00 Å². The normalized spacial score (nSPS) is 20.4. The third kappa shape index (κ3) is 6.26. The van der Waals surface area contributed by atoms with Gasteiger partial charge in [0.1, 0.15) is 5.75 Å². The van der Waals surface area contributed by atoms with Crippen LogP contribution in [0.1, 0.15) is 54.9 Å². The maximum atomic E-state index is 13.0. The van der Waals surface area contributed by atoms with Crippen LogP contribution in [0.2, 0.25) is 0 Å². The highest BCUT2D eigenvalue weighted by Crippen LogP contribution is 2.39. The fraction of sp³-hybridized carbons (Fsp3) is 0.423. The first-order valence-corrected chi connectivity index (χ1v) is 11.6. The molecule has 7 heteroatoms.